The van der Waals surface area contributed by atoms with Gasteiger partial charge in [0.2, 0.25) is 0 Å². The highest BCUT2D eigenvalue weighted by Crippen LogP contribution is 2.14. The molecule has 0 bridgehead atoms. The molecule has 0 radical (unpaired) electrons. The molecule has 140 valence electrons. The van der Waals surface area contributed by atoms with Crippen molar-refractivity contribution in [3.63, 3.8) is 0 Å². The van der Waals surface area contributed by atoms with Crippen LogP contribution in [0, 0.1) is 13.8 Å². The van der Waals surface area contributed by atoms with Crippen LogP contribution in [0.2, 0.25) is 5.02 Å². The number of carbonyl (C=O) groups is 1. The summed E-state index contributed by atoms with van der Waals surface area (Å²) >= 11 is 5.93. The van der Waals surface area contributed by atoms with Gasteiger partial charge in [-0.3, -0.25) is 9.69 Å². The molecule has 3 rings (SSSR count). The molecule has 2 aromatic carbocycles. The fourth-order valence-electron chi connectivity index (χ4n) is 3.39. The lowest BCUT2D eigenvalue weighted by Gasteiger charge is -2.35. The van der Waals surface area contributed by atoms with Crippen molar-refractivity contribution in [3.8, 4) is 0 Å². The fraction of sp³-hybridized carbons (Fsp3) is 0.381. The highest BCUT2D eigenvalue weighted by atomic mass is 35.5. The maximum absolute atomic E-state index is 12.7. The van der Waals surface area contributed by atoms with Gasteiger partial charge in [0.05, 0.1) is 0 Å². The summed E-state index contributed by atoms with van der Waals surface area (Å²) in [5.74, 6) is 0.157. The van der Waals surface area contributed by atoms with Crippen molar-refractivity contribution >= 4 is 29.9 Å². The van der Waals surface area contributed by atoms with Crippen molar-refractivity contribution < 1.29 is 4.79 Å². The molecular formula is C21H26Cl2N2O. The number of carbonyl (C=O) groups excluding carboxylic acids is 1. The van der Waals surface area contributed by atoms with Crippen LogP contribution in [0.4, 0.5) is 0 Å². The van der Waals surface area contributed by atoms with E-state index in [4.69, 9.17) is 11.6 Å². The number of piperazine rings is 1. The Bertz CT molecular complexity index is 718. The summed E-state index contributed by atoms with van der Waals surface area (Å²) in [5.41, 5.74) is 4.40. The standard InChI is InChI=1S/C21H25ClN2O.ClH/c1-16-13-17(2)15-19(14-16)21(25)24-11-9-23(10-12-24)8-7-18-3-5-20(22)6-4-18;/h3-6,13-15H,7-12H2,1-2H3;1H. The molecule has 0 aromatic heterocycles. The molecule has 1 fully saturated rings. The number of amides is 1. The van der Waals surface area contributed by atoms with Gasteiger partial charge in [-0.05, 0) is 50.1 Å². The quantitative estimate of drug-likeness (QED) is 0.770. The minimum Gasteiger partial charge on any atom is -0.336 e. The topological polar surface area (TPSA) is 23.6 Å². The van der Waals surface area contributed by atoms with Crippen LogP contribution in [0.1, 0.15) is 27.0 Å². The molecule has 3 nitrogen and oxygen atoms in total. The zero-order chi connectivity index (χ0) is 17.8. The van der Waals surface area contributed by atoms with Gasteiger partial charge in [-0.25, -0.2) is 0 Å². The van der Waals surface area contributed by atoms with E-state index in [2.05, 4.69) is 23.1 Å². The van der Waals surface area contributed by atoms with Crippen molar-refractivity contribution in [3.05, 3.63) is 69.7 Å². The Hall–Kier alpha value is -1.55. The Morgan fingerprint density at radius 1 is 0.962 bits per heavy atom. The molecule has 0 spiro atoms. The minimum atomic E-state index is 0. The molecule has 5 heteroatoms. The van der Waals surface area contributed by atoms with E-state index < -0.39 is 0 Å². The first kappa shape index (κ1) is 20.8. The fourth-order valence-corrected chi connectivity index (χ4v) is 3.52. The lowest BCUT2D eigenvalue weighted by Crippen LogP contribution is -2.49. The molecule has 1 aliphatic heterocycles. The molecule has 26 heavy (non-hydrogen) atoms. The molecule has 0 saturated carbocycles. The maximum atomic E-state index is 12.7. The number of hydrogen-bond acceptors (Lipinski definition) is 2. The number of halogens is 2. The highest BCUT2D eigenvalue weighted by molar-refractivity contribution is 6.30. The average molecular weight is 393 g/mol. The van der Waals surface area contributed by atoms with Crippen LogP contribution >= 0.6 is 24.0 Å². The summed E-state index contributed by atoms with van der Waals surface area (Å²) < 4.78 is 0. The summed E-state index contributed by atoms with van der Waals surface area (Å²) in [6.07, 6.45) is 1.02. The van der Waals surface area contributed by atoms with E-state index in [0.29, 0.717) is 0 Å². The number of rotatable bonds is 4. The van der Waals surface area contributed by atoms with Crippen molar-refractivity contribution in [2.75, 3.05) is 32.7 Å². The number of aryl methyl sites for hydroxylation is 2. The predicted molar refractivity (Wildman–Crippen MR) is 111 cm³/mol. The average Bonchev–Trinajstić information content (AvgIpc) is 2.60. The zero-order valence-corrected chi connectivity index (χ0v) is 16.9. The molecule has 0 aliphatic carbocycles. The highest BCUT2D eigenvalue weighted by Gasteiger charge is 2.22. The van der Waals surface area contributed by atoms with Crippen LogP contribution in [0.3, 0.4) is 0 Å². The number of nitrogens with zero attached hydrogens (tertiary/aromatic N) is 2. The first-order valence-electron chi connectivity index (χ1n) is 8.85. The molecule has 1 amide bonds. The van der Waals surface area contributed by atoms with Gasteiger partial charge < -0.3 is 4.90 Å². The Morgan fingerprint density at radius 3 is 2.12 bits per heavy atom. The lowest BCUT2D eigenvalue weighted by atomic mass is 10.1. The van der Waals surface area contributed by atoms with Crippen LogP contribution in [0.15, 0.2) is 42.5 Å². The van der Waals surface area contributed by atoms with E-state index in [1.165, 1.54) is 5.56 Å². The molecule has 0 atom stereocenters. The smallest absolute Gasteiger partial charge is 0.253 e. The molecule has 0 N–H and O–H groups in total. The SMILES string of the molecule is Cc1cc(C)cc(C(=O)N2CCN(CCc3ccc(Cl)cc3)CC2)c1.Cl. The molecule has 2 aromatic rings. The summed E-state index contributed by atoms with van der Waals surface area (Å²) in [6.45, 7) is 8.57. The van der Waals surface area contributed by atoms with Crippen LogP contribution in [0.25, 0.3) is 0 Å². The third kappa shape index (κ3) is 5.47. The van der Waals surface area contributed by atoms with Gasteiger partial charge >= 0.3 is 0 Å². The van der Waals surface area contributed by atoms with E-state index >= 15 is 0 Å². The summed E-state index contributed by atoms with van der Waals surface area (Å²) in [6, 6.07) is 14.1. The second kappa shape index (κ2) is 9.40. The second-order valence-corrected chi connectivity index (χ2v) is 7.32. The van der Waals surface area contributed by atoms with Crippen LogP contribution in [-0.4, -0.2) is 48.4 Å². The van der Waals surface area contributed by atoms with Gasteiger partial charge in [-0.1, -0.05) is 40.9 Å². The molecular weight excluding hydrogens is 367 g/mol. The van der Waals surface area contributed by atoms with E-state index in [9.17, 15) is 4.79 Å². The van der Waals surface area contributed by atoms with E-state index in [1.807, 2.05) is 43.0 Å². The van der Waals surface area contributed by atoms with Gasteiger partial charge in [-0.15, -0.1) is 12.4 Å². The Labute approximate surface area is 167 Å². The van der Waals surface area contributed by atoms with E-state index in [-0.39, 0.29) is 18.3 Å². The Kier molecular flexibility index (Phi) is 7.51. The third-order valence-corrected chi connectivity index (χ3v) is 5.01. The lowest BCUT2D eigenvalue weighted by molar-refractivity contribution is 0.0638. The van der Waals surface area contributed by atoms with E-state index in [0.717, 1.165) is 60.9 Å². The molecule has 1 saturated heterocycles. The Morgan fingerprint density at radius 2 is 1.54 bits per heavy atom. The minimum absolute atomic E-state index is 0. The predicted octanol–water partition coefficient (Wildman–Crippen LogP) is 4.38. The monoisotopic (exact) mass is 392 g/mol. The maximum Gasteiger partial charge on any atom is 0.253 e. The van der Waals surface area contributed by atoms with Crippen LogP contribution < -0.4 is 0 Å². The van der Waals surface area contributed by atoms with Gasteiger partial charge in [0.25, 0.3) is 5.91 Å². The molecule has 0 unspecified atom stereocenters. The van der Waals surface area contributed by atoms with Gasteiger partial charge in [0.1, 0.15) is 0 Å². The van der Waals surface area contributed by atoms with Gasteiger partial charge in [-0.2, -0.15) is 0 Å². The number of benzene rings is 2. The first-order valence-corrected chi connectivity index (χ1v) is 9.23. The molecule has 1 heterocycles. The van der Waals surface area contributed by atoms with E-state index in [1.54, 1.807) is 0 Å². The van der Waals surface area contributed by atoms with Crippen molar-refractivity contribution in [1.29, 1.82) is 0 Å². The summed E-state index contributed by atoms with van der Waals surface area (Å²) in [7, 11) is 0. The third-order valence-electron chi connectivity index (χ3n) is 4.76. The van der Waals surface area contributed by atoms with Crippen molar-refractivity contribution in [2.45, 2.75) is 20.3 Å². The normalized spacial score (nSPS) is 14.8. The first-order chi connectivity index (χ1) is 12.0. The van der Waals surface area contributed by atoms with Gasteiger partial charge in [0.15, 0.2) is 0 Å². The summed E-state index contributed by atoms with van der Waals surface area (Å²) in [4.78, 5) is 17.1. The second-order valence-electron chi connectivity index (χ2n) is 6.89. The molecule has 1 aliphatic rings. The Balaban J connectivity index is 0.00000243. The number of hydrogen-bond donors (Lipinski definition) is 0. The van der Waals surface area contributed by atoms with Crippen LogP contribution in [-0.2, 0) is 6.42 Å². The van der Waals surface area contributed by atoms with Gasteiger partial charge in [0, 0.05) is 43.3 Å². The zero-order valence-electron chi connectivity index (χ0n) is 15.4. The van der Waals surface area contributed by atoms with Crippen molar-refractivity contribution in [1.82, 2.24) is 9.80 Å². The van der Waals surface area contributed by atoms with Crippen molar-refractivity contribution in [2.24, 2.45) is 0 Å². The van der Waals surface area contributed by atoms with Crippen LogP contribution in [0.5, 0.6) is 0 Å². The largest absolute Gasteiger partial charge is 0.336 e. The summed E-state index contributed by atoms with van der Waals surface area (Å²) in [5, 5.41) is 0.780.